The predicted molar refractivity (Wildman–Crippen MR) is 63.0 cm³/mol. The molecule has 1 aromatic heterocycles. The molecule has 2 unspecified atom stereocenters. The molecular formula is C12H21N3. The summed E-state index contributed by atoms with van der Waals surface area (Å²) in [6.07, 6.45) is 4.66. The van der Waals surface area contributed by atoms with E-state index in [9.17, 15) is 0 Å². The van der Waals surface area contributed by atoms with E-state index < -0.39 is 0 Å². The Morgan fingerprint density at radius 3 is 2.93 bits per heavy atom. The van der Waals surface area contributed by atoms with Gasteiger partial charge in [-0.2, -0.15) is 0 Å². The monoisotopic (exact) mass is 207 g/mol. The standard InChI is InChI=1S/C12H21N3/c1-4-5-15-8-10(3)14-12(15)13-7-11-6-9(11)2/h8-9,11H,4-7H2,1-3H3,(H,13,14). The molecule has 0 bridgehead atoms. The zero-order chi connectivity index (χ0) is 10.8. The highest BCUT2D eigenvalue weighted by molar-refractivity contribution is 5.29. The first-order valence-corrected chi connectivity index (χ1v) is 5.98. The fourth-order valence-electron chi connectivity index (χ4n) is 2.01. The minimum Gasteiger partial charge on any atom is -0.355 e. The molecule has 1 fully saturated rings. The Hall–Kier alpha value is -0.990. The van der Waals surface area contributed by atoms with Gasteiger partial charge in [0.15, 0.2) is 0 Å². The third-order valence-electron chi connectivity index (χ3n) is 3.16. The van der Waals surface area contributed by atoms with Gasteiger partial charge >= 0.3 is 0 Å². The van der Waals surface area contributed by atoms with Crippen LogP contribution in [0.1, 0.15) is 32.4 Å². The van der Waals surface area contributed by atoms with Crippen LogP contribution in [0.4, 0.5) is 5.95 Å². The first-order valence-electron chi connectivity index (χ1n) is 5.98. The van der Waals surface area contributed by atoms with Gasteiger partial charge in [0.1, 0.15) is 0 Å². The SMILES string of the molecule is CCCn1cc(C)nc1NCC1CC1C. The minimum absolute atomic E-state index is 0.872. The van der Waals surface area contributed by atoms with E-state index in [4.69, 9.17) is 0 Å². The lowest BCUT2D eigenvalue weighted by Gasteiger charge is -2.07. The molecule has 0 aromatic carbocycles. The highest BCUT2D eigenvalue weighted by Crippen LogP contribution is 2.37. The van der Waals surface area contributed by atoms with Crippen molar-refractivity contribution < 1.29 is 0 Å². The Kier molecular flexibility index (Phi) is 2.98. The second kappa shape index (κ2) is 4.25. The third kappa shape index (κ3) is 2.52. The maximum atomic E-state index is 4.51. The summed E-state index contributed by atoms with van der Waals surface area (Å²) in [4.78, 5) is 4.51. The molecule has 0 aliphatic heterocycles. The topological polar surface area (TPSA) is 29.9 Å². The van der Waals surface area contributed by atoms with Crippen LogP contribution in [-0.4, -0.2) is 16.1 Å². The molecule has 15 heavy (non-hydrogen) atoms. The molecular weight excluding hydrogens is 186 g/mol. The van der Waals surface area contributed by atoms with E-state index in [0.29, 0.717) is 0 Å². The number of aryl methyl sites for hydroxylation is 2. The van der Waals surface area contributed by atoms with Crippen LogP contribution in [0.15, 0.2) is 6.20 Å². The van der Waals surface area contributed by atoms with E-state index in [2.05, 4.69) is 41.8 Å². The van der Waals surface area contributed by atoms with Crippen molar-refractivity contribution in [2.45, 2.75) is 40.2 Å². The molecule has 1 saturated carbocycles. The van der Waals surface area contributed by atoms with Crippen LogP contribution in [0, 0.1) is 18.8 Å². The number of nitrogens with zero attached hydrogens (tertiary/aromatic N) is 2. The summed E-state index contributed by atoms with van der Waals surface area (Å²) < 4.78 is 2.22. The molecule has 0 radical (unpaired) electrons. The van der Waals surface area contributed by atoms with Crippen molar-refractivity contribution >= 4 is 5.95 Å². The average molecular weight is 207 g/mol. The van der Waals surface area contributed by atoms with E-state index >= 15 is 0 Å². The van der Waals surface area contributed by atoms with Crippen molar-refractivity contribution in [3.8, 4) is 0 Å². The fourth-order valence-corrected chi connectivity index (χ4v) is 2.01. The smallest absolute Gasteiger partial charge is 0.203 e. The van der Waals surface area contributed by atoms with Crippen molar-refractivity contribution in [2.24, 2.45) is 11.8 Å². The first-order chi connectivity index (χ1) is 7.20. The molecule has 1 aliphatic carbocycles. The molecule has 3 heteroatoms. The summed E-state index contributed by atoms with van der Waals surface area (Å²) >= 11 is 0. The van der Waals surface area contributed by atoms with Crippen molar-refractivity contribution in [1.29, 1.82) is 0 Å². The largest absolute Gasteiger partial charge is 0.355 e. The van der Waals surface area contributed by atoms with Crippen LogP contribution >= 0.6 is 0 Å². The van der Waals surface area contributed by atoms with Crippen molar-refractivity contribution in [1.82, 2.24) is 9.55 Å². The number of hydrogen-bond acceptors (Lipinski definition) is 2. The second-order valence-electron chi connectivity index (χ2n) is 4.75. The van der Waals surface area contributed by atoms with Gasteiger partial charge in [0.2, 0.25) is 5.95 Å². The predicted octanol–water partition coefficient (Wildman–Crippen LogP) is 2.67. The lowest BCUT2D eigenvalue weighted by Crippen LogP contribution is -2.10. The van der Waals surface area contributed by atoms with Gasteiger partial charge in [-0.25, -0.2) is 4.98 Å². The highest BCUT2D eigenvalue weighted by atomic mass is 15.2. The summed E-state index contributed by atoms with van der Waals surface area (Å²) in [6, 6.07) is 0. The van der Waals surface area contributed by atoms with E-state index in [1.54, 1.807) is 0 Å². The molecule has 0 saturated heterocycles. The lowest BCUT2D eigenvalue weighted by atomic mass is 10.3. The first kappa shape index (κ1) is 10.5. The molecule has 1 aromatic rings. The van der Waals surface area contributed by atoms with Gasteiger partial charge in [-0.1, -0.05) is 13.8 Å². The molecule has 0 spiro atoms. The third-order valence-corrected chi connectivity index (χ3v) is 3.16. The zero-order valence-electron chi connectivity index (χ0n) is 9.95. The molecule has 3 nitrogen and oxygen atoms in total. The van der Waals surface area contributed by atoms with Crippen LogP contribution < -0.4 is 5.32 Å². The molecule has 1 N–H and O–H groups in total. The minimum atomic E-state index is 0.872. The summed E-state index contributed by atoms with van der Waals surface area (Å²) in [5.41, 5.74) is 1.11. The van der Waals surface area contributed by atoms with Crippen molar-refractivity contribution in [3.05, 3.63) is 11.9 Å². The molecule has 2 rings (SSSR count). The normalized spacial score (nSPS) is 24.2. The van der Waals surface area contributed by atoms with Crippen LogP contribution in [0.5, 0.6) is 0 Å². The van der Waals surface area contributed by atoms with Gasteiger partial charge in [0.25, 0.3) is 0 Å². The number of aromatic nitrogens is 2. The van der Waals surface area contributed by atoms with Crippen LogP contribution in [0.25, 0.3) is 0 Å². The number of hydrogen-bond donors (Lipinski definition) is 1. The molecule has 2 atom stereocenters. The Bertz CT molecular complexity index is 330. The van der Waals surface area contributed by atoms with E-state index in [1.165, 1.54) is 6.42 Å². The Morgan fingerprint density at radius 1 is 1.60 bits per heavy atom. The summed E-state index contributed by atoms with van der Waals surface area (Å²) in [5.74, 6) is 2.83. The van der Waals surface area contributed by atoms with Crippen LogP contribution in [0.2, 0.25) is 0 Å². The Labute approximate surface area is 91.9 Å². The lowest BCUT2D eigenvalue weighted by molar-refractivity contribution is 0.676. The summed E-state index contributed by atoms with van der Waals surface area (Å²) in [6.45, 7) is 8.71. The molecule has 1 aliphatic rings. The number of imidazole rings is 1. The summed E-state index contributed by atoms with van der Waals surface area (Å²) in [7, 11) is 0. The van der Waals surface area contributed by atoms with Gasteiger partial charge in [0.05, 0.1) is 5.69 Å². The Balaban J connectivity index is 1.93. The van der Waals surface area contributed by atoms with Gasteiger partial charge in [-0.15, -0.1) is 0 Å². The van der Waals surface area contributed by atoms with E-state index in [1.807, 2.05) is 0 Å². The molecule has 1 heterocycles. The maximum Gasteiger partial charge on any atom is 0.203 e. The number of nitrogens with one attached hydrogen (secondary N) is 1. The number of rotatable bonds is 5. The average Bonchev–Trinajstić information content (AvgIpc) is 2.77. The van der Waals surface area contributed by atoms with Crippen molar-refractivity contribution in [2.75, 3.05) is 11.9 Å². The second-order valence-corrected chi connectivity index (χ2v) is 4.75. The van der Waals surface area contributed by atoms with E-state index in [-0.39, 0.29) is 0 Å². The molecule has 84 valence electrons. The molecule has 0 amide bonds. The highest BCUT2D eigenvalue weighted by Gasteiger charge is 2.32. The van der Waals surface area contributed by atoms with Gasteiger partial charge in [-0.3, -0.25) is 0 Å². The van der Waals surface area contributed by atoms with Gasteiger partial charge in [0, 0.05) is 19.3 Å². The quantitative estimate of drug-likeness (QED) is 0.804. The van der Waals surface area contributed by atoms with Gasteiger partial charge in [-0.05, 0) is 31.6 Å². The van der Waals surface area contributed by atoms with Crippen LogP contribution in [0.3, 0.4) is 0 Å². The maximum absolute atomic E-state index is 4.51. The fraction of sp³-hybridized carbons (Fsp3) is 0.750. The van der Waals surface area contributed by atoms with E-state index in [0.717, 1.165) is 43.0 Å². The van der Waals surface area contributed by atoms with Crippen molar-refractivity contribution in [3.63, 3.8) is 0 Å². The number of anilines is 1. The van der Waals surface area contributed by atoms with Gasteiger partial charge < -0.3 is 9.88 Å². The Morgan fingerprint density at radius 2 is 2.33 bits per heavy atom. The van der Waals surface area contributed by atoms with Crippen LogP contribution in [-0.2, 0) is 6.54 Å². The zero-order valence-corrected chi connectivity index (χ0v) is 9.95. The summed E-state index contributed by atoms with van der Waals surface area (Å²) in [5, 5.41) is 3.46.